The monoisotopic (exact) mass is 386 g/mol. The van der Waals surface area contributed by atoms with Gasteiger partial charge in [0.05, 0.1) is 10.7 Å². The summed E-state index contributed by atoms with van der Waals surface area (Å²) in [7, 11) is 0. The maximum atomic E-state index is 12.3. The van der Waals surface area contributed by atoms with Crippen LogP contribution in [0, 0.1) is 5.92 Å². The van der Waals surface area contributed by atoms with Gasteiger partial charge in [-0.15, -0.1) is 0 Å². The Labute approximate surface area is 163 Å². The molecule has 0 spiro atoms. The van der Waals surface area contributed by atoms with Gasteiger partial charge in [-0.1, -0.05) is 54.8 Å². The Hall–Kier alpha value is -2.53. The van der Waals surface area contributed by atoms with E-state index in [2.05, 4.69) is 10.6 Å². The molecule has 1 aliphatic rings. The van der Waals surface area contributed by atoms with Crippen molar-refractivity contribution >= 4 is 34.8 Å². The lowest BCUT2D eigenvalue weighted by molar-refractivity contribution is -0.119. The molecule has 1 aliphatic carbocycles. The number of benzene rings is 2. The van der Waals surface area contributed by atoms with E-state index in [-0.39, 0.29) is 34.2 Å². The molecule has 0 bridgehead atoms. The van der Waals surface area contributed by atoms with E-state index in [9.17, 15) is 14.7 Å². The second-order valence-corrected chi connectivity index (χ2v) is 7.27. The molecule has 27 heavy (non-hydrogen) atoms. The van der Waals surface area contributed by atoms with Crippen LogP contribution in [0.3, 0.4) is 0 Å². The average molecular weight is 387 g/mol. The summed E-state index contributed by atoms with van der Waals surface area (Å²) < 4.78 is 0. The number of carbonyl (C=O) groups is 2. The highest BCUT2D eigenvalue weighted by atomic mass is 35.5. The molecule has 142 valence electrons. The summed E-state index contributed by atoms with van der Waals surface area (Å²) >= 11 is 6.07. The Morgan fingerprint density at radius 2 is 1.78 bits per heavy atom. The molecule has 6 heteroatoms. The van der Waals surface area contributed by atoms with Crippen molar-refractivity contribution in [3.63, 3.8) is 0 Å². The van der Waals surface area contributed by atoms with Crippen LogP contribution in [0.1, 0.15) is 37.7 Å². The minimum atomic E-state index is -0.190. The molecule has 1 saturated carbocycles. The Bertz CT molecular complexity index is 818. The zero-order valence-electron chi connectivity index (χ0n) is 15.0. The van der Waals surface area contributed by atoms with E-state index >= 15 is 0 Å². The molecule has 3 N–H and O–H groups in total. The summed E-state index contributed by atoms with van der Waals surface area (Å²) in [6, 6.07) is 12.8. The number of amides is 2. The van der Waals surface area contributed by atoms with E-state index in [1.165, 1.54) is 12.1 Å². The number of aromatic hydroxyl groups is 1. The largest absolute Gasteiger partial charge is 0.504 e. The van der Waals surface area contributed by atoms with Crippen LogP contribution >= 0.6 is 11.6 Å². The topological polar surface area (TPSA) is 78.4 Å². The summed E-state index contributed by atoms with van der Waals surface area (Å²) in [5, 5.41) is 15.7. The van der Waals surface area contributed by atoms with Gasteiger partial charge < -0.3 is 15.7 Å². The van der Waals surface area contributed by atoms with Gasteiger partial charge in [-0.2, -0.15) is 0 Å². The number of aryl methyl sites for hydroxylation is 1. The lowest BCUT2D eigenvalue weighted by Crippen LogP contribution is -2.20. The molecule has 0 aliphatic heterocycles. The van der Waals surface area contributed by atoms with Crippen molar-refractivity contribution in [2.45, 2.75) is 38.5 Å². The fourth-order valence-electron chi connectivity index (χ4n) is 3.32. The number of phenols is 1. The van der Waals surface area contributed by atoms with Crippen molar-refractivity contribution in [2.75, 3.05) is 10.6 Å². The number of phenolic OH excluding ortho intramolecular Hbond substituents is 1. The molecule has 2 aromatic carbocycles. The summed E-state index contributed by atoms with van der Waals surface area (Å²) in [5.74, 6) is -0.502. The number of carbonyl (C=O) groups excluding carboxylic acids is 2. The SMILES string of the molecule is O=C(CCc1ccccc1)Nc1cc(Cl)c(O)c(NC(=O)C2CCCC2)c1. The Morgan fingerprint density at radius 3 is 2.48 bits per heavy atom. The summed E-state index contributed by atoms with van der Waals surface area (Å²) in [4.78, 5) is 24.5. The van der Waals surface area contributed by atoms with Gasteiger partial charge in [0.25, 0.3) is 0 Å². The maximum absolute atomic E-state index is 12.3. The zero-order chi connectivity index (χ0) is 19.2. The van der Waals surface area contributed by atoms with E-state index < -0.39 is 0 Å². The van der Waals surface area contributed by atoms with Gasteiger partial charge in [0.2, 0.25) is 11.8 Å². The van der Waals surface area contributed by atoms with E-state index in [4.69, 9.17) is 11.6 Å². The molecule has 3 rings (SSSR count). The lowest BCUT2D eigenvalue weighted by atomic mass is 10.1. The lowest BCUT2D eigenvalue weighted by Gasteiger charge is -2.14. The third-order valence-corrected chi connectivity index (χ3v) is 5.10. The standard InChI is InChI=1S/C21H23ClN2O3/c22-17-12-16(23-19(25)11-10-14-6-2-1-3-7-14)13-18(20(17)26)24-21(27)15-8-4-5-9-15/h1-3,6-7,12-13,15,26H,4-5,8-11H2,(H,23,25)(H,24,27). The summed E-state index contributed by atoms with van der Waals surface area (Å²) in [6.07, 6.45) is 4.76. The second-order valence-electron chi connectivity index (χ2n) is 6.86. The van der Waals surface area contributed by atoms with Crippen LogP contribution in [0.25, 0.3) is 0 Å². The van der Waals surface area contributed by atoms with Gasteiger partial charge in [-0.3, -0.25) is 9.59 Å². The molecule has 0 atom stereocenters. The van der Waals surface area contributed by atoms with Crippen molar-refractivity contribution < 1.29 is 14.7 Å². The third-order valence-electron chi connectivity index (χ3n) is 4.81. The van der Waals surface area contributed by atoms with Crippen LogP contribution in [0.2, 0.25) is 5.02 Å². The van der Waals surface area contributed by atoms with E-state index in [0.717, 1.165) is 31.2 Å². The first-order valence-corrected chi connectivity index (χ1v) is 9.58. The minimum absolute atomic E-state index is 0.0349. The van der Waals surface area contributed by atoms with Crippen LogP contribution in [0.15, 0.2) is 42.5 Å². The molecule has 0 unspecified atom stereocenters. The maximum Gasteiger partial charge on any atom is 0.227 e. The minimum Gasteiger partial charge on any atom is -0.504 e. The molecule has 5 nitrogen and oxygen atoms in total. The molecule has 2 aromatic rings. The highest BCUT2D eigenvalue weighted by molar-refractivity contribution is 6.33. The Balaban J connectivity index is 1.63. The fraction of sp³-hybridized carbons (Fsp3) is 0.333. The molecule has 0 radical (unpaired) electrons. The predicted molar refractivity (Wildman–Crippen MR) is 107 cm³/mol. The number of anilines is 2. The Morgan fingerprint density at radius 1 is 1.07 bits per heavy atom. The molecule has 1 fully saturated rings. The number of hydrogen-bond acceptors (Lipinski definition) is 3. The van der Waals surface area contributed by atoms with Crippen LogP contribution in [-0.4, -0.2) is 16.9 Å². The van der Waals surface area contributed by atoms with Crippen LogP contribution in [0.4, 0.5) is 11.4 Å². The molecular formula is C21H23ClN2O3. The molecule has 2 amide bonds. The number of hydrogen-bond donors (Lipinski definition) is 3. The van der Waals surface area contributed by atoms with Crippen LogP contribution in [-0.2, 0) is 16.0 Å². The smallest absolute Gasteiger partial charge is 0.227 e. The van der Waals surface area contributed by atoms with Crippen molar-refractivity contribution in [1.82, 2.24) is 0 Å². The fourth-order valence-corrected chi connectivity index (χ4v) is 3.53. The van der Waals surface area contributed by atoms with E-state index in [1.807, 2.05) is 30.3 Å². The van der Waals surface area contributed by atoms with Gasteiger partial charge in [-0.25, -0.2) is 0 Å². The van der Waals surface area contributed by atoms with Gasteiger partial charge in [0, 0.05) is 18.0 Å². The third kappa shape index (κ3) is 5.23. The normalized spacial score (nSPS) is 14.1. The first-order chi connectivity index (χ1) is 13.0. The molecule has 0 heterocycles. The van der Waals surface area contributed by atoms with Crippen molar-refractivity contribution in [3.8, 4) is 5.75 Å². The Kier molecular flexibility index (Phi) is 6.35. The van der Waals surface area contributed by atoms with Gasteiger partial charge in [0.1, 0.15) is 0 Å². The van der Waals surface area contributed by atoms with Gasteiger partial charge in [0.15, 0.2) is 5.75 Å². The number of nitrogens with one attached hydrogen (secondary N) is 2. The zero-order valence-corrected chi connectivity index (χ0v) is 15.8. The quantitative estimate of drug-likeness (QED) is 0.495. The first-order valence-electron chi connectivity index (χ1n) is 9.20. The first kappa shape index (κ1) is 19.2. The van der Waals surface area contributed by atoms with E-state index in [1.54, 1.807) is 0 Å². The van der Waals surface area contributed by atoms with Gasteiger partial charge in [-0.05, 0) is 37.0 Å². The average Bonchev–Trinajstić information content (AvgIpc) is 3.20. The van der Waals surface area contributed by atoms with Crippen molar-refractivity contribution in [1.29, 1.82) is 0 Å². The highest BCUT2D eigenvalue weighted by Crippen LogP contribution is 2.36. The molecule has 0 aromatic heterocycles. The van der Waals surface area contributed by atoms with Crippen LogP contribution < -0.4 is 10.6 Å². The van der Waals surface area contributed by atoms with E-state index in [0.29, 0.717) is 18.5 Å². The summed E-state index contributed by atoms with van der Waals surface area (Å²) in [6.45, 7) is 0. The number of rotatable bonds is 6. The number of halogens is 1. The molecule has 0 saturated heterocycles. The second kappa shape index (κ2) is 8.91. The molecular weight excluding hydrogens is 364 g/mol. The van der Waals surface area contributed by atoms with Crippen LogP contribution in [0.5, 0.6) is 5.75 Å². The van der Waals surface area contributed by atoms with Gasteiger partial charge >= 0.3 is 0 Å². The van der Waals surface area contributed by atoms with Crippen molar-refractivity contribution in [3.05, 3.63) is 53.1 Å². The summed E-state index contributed by atoms with van der Waals surface area (Å²) in [5.41, 5.74) is 1.75. The highest BCUT2D eigenvalue weighted by Gasteiger charge is 2.24. The van der Waals surface area contributed by atoms with Crippen molar-refractivity contribution in [2.24, 2.45) is 5.92 Å². The predicted octanol–water partition coefficient (Wildman–Crippen LogP) is 4.75.